The summed E-state index contributed by atoms with van der Waals surface area (Å²) < 4.78 is 17.4. The third-order valence-electron chi connectivity index (χ3n) is 15.2. The summed E-state index contributed by atoms with van der Waals surface area (Å²) in [5.41, 5.74) is 8.29. The van der Waals surface area contributed by atoms with Gasteiger partial charge in [-0.15, -0.1) is 23.2 Å². The number of halogens is 2. The molecule has 10 atom stereocenters. The van der Waals surface area contributed by atoms with Crippen LogP contribution in [0.25, 0.3) is 0 Å². The predicted octanol–water partition coefficient (Wildman–Crippen LogP) is 4.11. The van der Waals surface area contributed by atoms with Crippen molar-refractivity contribution in [3.05, 3.63) is 77.1 Å². The number of likely N-dealkylation sites (tertiary alicyclic amines) is 1. The van der Waals surface area contributed by atoms with Crippen molar-refractivity contribution in [3.8, 4) is 0 Å². The molecule has 10 N–H and O–H groups in total. The Morgan fingerprint density at radius 2 is 1.46 bits per heavy atom. The molecule has 0 bridgehead atoms. The highest BCUT2D eigenvalue weighted by Gasteiger charge is 2.42. The van der Waals surface area contributed by atoms with Crippen molar-refractivity contribution in [1.29, 1.82) is 0 Å². The van der Waals surface area contributed by atoms with Crippen LogP contribution in [-0.2, 0) is 54.4 Å². The molecular formula is C58H91Cl2N11O12. The van der Waals surface area contributed by atoms with Crippen LogP contribution in [-0.4, -0.2) is 181 Å². The first-order valence-electron chi connectivity index (χ1n) is 28.3. The fraction of sp³-hybridized carbons (Fsp3) is 0.621. The molecule has 1 aliphatic heterocycles. The van der Waals surface area contributed by atoms with E-state index in [1.54, 1.807) is 83.0 Å². The van der Waals surface area contributed by atoms with Crippen LogP contribution >= 0.6 is 23.2 Å². The van der Waals surface area contributed by atoms with Crippen LogP contribution in [0.2, 0.25) is 0 Å². The molecule has 0 saturated carbocycles. The summed E-state index contributed by atoms with van der Waals surface area (Å²) in [6.45, 7) is 12.4. The first-order valence-corrected chi connectivity index (χ1v) is 29.3. The maximum absolute atomic E-state index is 14.2. The lowest BCUT2D eigenvalue weighted by Crippen LogP contribution is -2.55. The van der Waals surface area contributed by atoms with E-state index in [0.717, 1.165) is 4.90 Å². The number of methoxy groups -OCH3 is 2. The van der Waals surface area contributed by atoms with Crippen LogP contribution in [0.5, 0.6) is 0 Å². The van der Waals surface area contributed by atoms with Crippen molar-refractivity contribution in [2.75, 3.05) is 71.6 Å². The molecule has 0 aliphatic carbocycles. The summed E-state index contributed by atoms with van der Waals surface area (Å²) in [4.78, 5) is 111. The smallest absolute Gasteiger partial charge is 0.410 e. The molecule has 0 aromatic heterocycles. The fourth-order valence-electron chi connectivity index (χ4n) is 10.0. The van der Waals surface area contributed by atoms with Gasteiger partial charge in [-0.05, 0) is 67.7 Å². The van der Waals surface area contributed by atoms with Gasteiger partial charge in [0.25, 0.3) is 0 Å². The number of allylic oxidation sites excluding steroid dienone is 2. The minimum absolute atomic E-state index is 0.0491. The molecule has 83 heavy (non-hydrogen) atoms. The maximum Gasteiger partial charge on any atom is 0.410 e. The Bertz CT molecular complexity index is 2460. The molecule has 2 aromatic rings. The third kappa shape index (κ3) is 21.4. The van der Waals surface area contributed by atoms with Crippen molar-refractivity contribution in [2.45, 2.75) is 149 Å². The monoisotopic (exact) mass is 1200 g/mol. The van der Waals surface area contributed by atoms with Gasteiger partial charge in [-0.1, -0.05) is 90.4 Å². The van der Waals surface area contributed by atoms with Gasteiger partial charge in [0.15, 0.2) is 0 Å². The standard InChI is InChI=1S/C58H91Cl2N11O12/c1-12-36(5)52(46(81-10)29-49(74)70-27-17-21-44(70)54(82-11)37(6)55(77)65-38(7)53(76)40-19-15-14-16-20-40)69(9)50(75)33-64-56(78)43(13-2)68(8)58(80)83-34-39-23-25-41(26-24-39)66-48(73)32-63-57(79)51(35(3)4)67-47(72)22-18-28-71(62)45(31-60)42(61)30-59/h14-16,19-20,23-26,35-38,43-44,46,51-54,76H,12-13,17-18,21-22,27-34,61-62H2,1-11H3,(H,63,79)(H,64,78)(H,65,77)(H,66,73)(H,67,72)/b45-42-/t36?,37-,38?,43?,44?,46?,51?,52?,53?,54?/m1/s1. The number of hydrogen-bond acceptors (Lipinski definition) is 15. The van der Waals surface area contributed by atoms with E-state index in [4.69, 9.17) is 49.0 Å². The van der Waals surface area contributed by atoms with Crippen LogP contribution in [0.15, 0.2) is 66.0 Å². The first kappa shape index (κ1) is 71.0. The van der Waals surface area contributed by atoms with E-state index in [1.807, 2.05) is 32.0 Å². The second kappa shape index (κ2) is 35.8. The molecular weight excluding hydrogens is 1110 g/mol. The third-order valence-corrected chi connectivity index (χ3v) is 15.8. The average Bonchev–Trinajstić information content (AvgIpc) is 4.05. The molecule has 464 valence electrons. The molecule has 1 saturated heterocycles. The number of nitrogens with two attached hydrogens (primary N) is 2. The summed E-state index contributed by atoms with van der Waals surface area (Å²) in [5, 5.41) is 25.8. The van der Waals surface area contributed by atoms with Crippen molar-refractivity contribution in [2.24, 2.45) is 29.3 Å². The Balaban J connectivity index is 1.52. The number of benzene rings is 2. The minimum Gasteiger partial charge on any atom is -0.445 e. The molecule has 0 radical (unpaired) electrons. The van der Waals surface area contributed by atoms with Gasteiger partial charge in [0.1, 0.15) is 18.7 Å². The molecule has 1 fully saturated rings. The molecule has 8 amide bonds. The van der Waals surface area contributed by atoms with Crippen LogP contribution in [0.3, 0.4) is 0 Å². The zero-order valence-corrected chi connectivity index (χ0v) is 51.6. The molecule has 2 aromatic carbocycles. The number of anilines is 1. The number of ether oxygens (including phenoxy) is 3. The molecule has 23 nitrogen and oxygen atoms in total. The topological polar surface area (TPSA) is 310 Å². The highest BCUT2D eigenvalue weighted by Crippen LogP contribution is 2.30. The number of amides is 8. The average molecular weight is 1210 g/mol. The van der Waals surface area contributed by atoms with Crippen LogP contribution < -0.4 is 38.2 Å². The fourth-order valence-corrected chi connectivity index (χ4v) is 10.5. The highest BCUT2D eigenvalue weighted by atomic mass is 35.5. The lowest BCUT2D eigenvalue weighted by atomic mass is 9.90. The lowest BCUT2D eigenvalue weighted by molar-refractivity contribution is -0.146. The molecule has 1 aliphatic rings. The molecule has 9 unspecified atom stereocenters. The van der Waals surface area contributed by atoms with Gasteiger partial charge in [-0.25, -0.2) is 10.6 Å². The van der Waals surface area contributed by atoms with E-state index < -0.39 is 90.7 Å². The normalized spacial score (nSPS) is 16.8. The Hall–Kier alpha value is -6.24. The zero-order valence-electron chi connectivity index (χ0n) is 50.1. The van der Waals surface area contributed by atoms with Crippen molar-refractivity contribution < 1.29 is 57.7 Å². The number of aliphatic hydroxyl groups excluding tert-OH is 1. The van der Waals surface area contributed by atoms with E-state index in [9.17, 15) is 43.5 Å². The van der Waals surface area contributed by atoms with E-state index >= 15 is 0 Å². The molecule has 1 heterocycles. The Labute approximate surface area is 499 Å². The summed E-state index contributed by atoms with van der Waals surface area (Å²) in [5.74, 6) is 2.02. The van der Waals surface area contributed by atoms with E-state index in [1.165, 1.54) is 31.2 Å². The second-order valence-electron chi connectivity index (χ2n) is 21.4. The van der Waals surface area contributed by atoms with E-state index in [0.29, 0.717) is 60.4 Å². The van der Waals surface area contributed by atoms with E-state index in [-0.39, 0.29) is 80.3 Å². The second-order valence-corrected chi connectivity index (χ2v) is 21.9. The number of hydrogen-bond donors (Lipinski definition) is 8. The number of nitrogens with one attached hydrogen (secondary N) is 5. The Kier molecular flexibility index (Phi) is 30.6. The summed E-state index contributed by atoms with van der Waals surface area (Å²) >= 11 is 11.7. The molecule has 0 spiro atoms. The number of hydrazine groups is 1. The predicted molar refractivity (Wildman–Crippen MR) is 318 cm³/mol. The number of aliphatic hydroxyl groups is 1. The number of alkyl halides is 2. The zero-order chi connectivity index (χ0) is 62.1. The quantitative estimate of drug-likeness (QED) is 0.0278. The Morgan fingerprint density at radius 3 is 2.04 bits per heavy atom. The highest BCUT2D eigenvalue weighted by molar-refractivity contribution is 6.21. The van der Waals surface area contributed by atoms with Gasteiger partial charge in [0.2, 0.25) is 41.4 Å². The van der Waals surface area contributed by atoms with Crippen LogP contribution in [0.1, 0.15) is 111 Å². The number of carbonyl (C=O) groups is 8. The van der Waals surface area contributed by atoms with Gasteiger partial charge in [-0.3, -0.25) is 38.5 Å². The summed E-state index contributed by atoms with van der Waals surface area (Å²) in [6, 6.07) is 12.0. The summed E-state index contributed by atoms with van der Waals surface area (Å²) in [7, 11) is 6.03. The number of likely N-dealkylation sites (N-methyl/N-ethyl adjacent to an activating group) is 2. The Morgan fingerprint density at radius 1 is 0.807 bits per heavy atom. The first-order chi connectivity index (χ1) is 39.4. The number of rotatable bonds is 34. The molecule has 25 heteroatoms. The van der Waals surface area contributed by atoms with Gasteiger partial charge >= 0.3 is 6.09 Å². The van der Waals surface area contributed by atoms with Crippen LogP contribution in [0.4, 0.5) is 10.5 Å². The van der Waals surface area contributed by atoms with Crippen molar-refractivity contribution >= 4 is 76.3 Å². The number of nitrogens with zero attached hydrogens (tertiary/aromatic N) is 4. The largest absolute Gasteiger partial charge is 0.445 e. The summed E-state index contributed by atoms with van der Waals surface area (Å²) in [6.07, 6.45) is -0.623. The lowest BCUT2D eigenvalue weighted by Gasteiger charge is -2.39. The van der Waals surface area contributed by atoms with Gasteiger partial charge in [0.05, 0.1) is 79.3 Å². The molecule has 3 rings (SSSR count). The SMILES string of the molecule is CCC(C)C(C(CC(=O)N1CCCC1C(OC)[C@@H](C)C(=O)NC(C)C(O)c1ccccc1)OC)N(C)C(=O)CNC(=O)C(CC)N(C)C(=O)OCc1ccc(NC(=O)CNC(=O)C(NC(=O)CCCN(N)/C(CCl)=C(\N)CCl)C(C)C)cc1. The van der Waals surface area contributed by atoms with Crippen molar-refractivity contribution in [1.82, 2.24) is 41.0 Å². The van der Waals surface area contributed by atoms with Crippen LogP contribution in [0, 0.1) is 17.8 Å². The number of carbonyl (C=O) groups excluding carboxylic acids is 8. The minimum atomic E-state index is -0.995. The van der Waals surface area contributed by atoms with Crippen molar-refractivity contribution in [3.63, 3.8) is 0 Å². The van der Waals surface area contributed by atoms with Gasteiger partial charge in [0, 0.05) is 59.2 Å². The van der Waals surface area contributed by atoms with Gasteiger partial charge < -0.3 is 66.4 Å². The van der Waals surface area contributed by atoms with E-state index in [2.05, 4.69) is 26.6 Å². The maximum atomic E-state index is 14.2. The van der Waals surface area contributed by atoms with Gasteiger partial charge in [-0.2, -0.15) is 0 Å².